The summed E-state index contributed by atoms with van der Waals surface area (Å²) in [5.41, 5.74) is 2.55. The van der Waals surface area contributed by atoms with Crippen molar-refractivity contribution in [2.45, 2.75) is 65.9 Å². The maximum atomic E-state index is 13.5. The number of aromatic nitrogens is 3. The van der Waals surface area contributed by atoms with Crippen LogP contribution in [-0.2, 0) is 32.6 Å². The SMILES string of the molecule is CC.CCCc1c(COC(C)=O)c(C)c2c(=O)[nH]c(-c3cc(S(=O)(=O)N4CCN(C)CC4)ccc3OCC)nn12. The second-order valence-corrected chi connectivity index (χ2v) is 11.4. The quantitative estimate of drug-likeness (QED) is 0.385. The third-order valence-electron chi connectivity index (χ3n) is 6.78. The van der Waals surface area contributed by atoms with Crippen molar-refractivity contribution in [3.05, 3.63) is 45.4 Å². The van der Waals surface area contributed by atoms with Crippen molar-refractivity contribution >= 4 is 21.5 Å². The number of aryl methyl sites for hydroxylation is 2. The molecular formula is C28H41N5O6S. The first-order chi connectivity index (χ1) is 19.1. The number of carbonyl (C=O) groups excluding carboxylic acids is 1. The van der Waals surface area contributed by atoms with Crippen LogP contribution in [0.2, 0.25) is 0 Å². The molecule has 0 amide bonds. The fourth-order valence-corrected chi connectivity index (χ4v) is 6.19. The number of hydrogen-bond donors (Lipinski definition) is 1. The van der Waals surface area contributed by atoms with Gasteiger partial charge in [0.15, 0.2) is 5.82 Å². The van der Waals surface area contributed by atoms with Crippen LogP contribution in [-0.4, -0.2) is 78.0 Å². The van der Waals surface area contributed by atoms with Crippen LogP contribution in [0, 0.1) is 6.92 Å². The Kier molecular flexibility index (Phi) is 10.5. The number of sulfonamides is 1. The molecule has 1 aromatic carbocycles. The molecule has 1 fully saturated rings. The van der Waals surface area contributed by atoms with E-state index in [1.807, 2.05) is 34.7 Å². The van der Waals surface area contributed by atoms with Crippen LogP contribution in [0.25, 0.3) is 16.9 Å². The zero-order valence-corrected chi connectivity index (χ0v) is 25.4. The predicted molar refractivity (Wildman–Crippen MR) is 154 cm³/mol. The summed E-state index contributed by atoms with van der Waals surface area (Å²) < 4.78 is 41.1. The molecule has 0 saturated carbocycles. The minimum atomic E-state index is -3.76. The van der Waals surface area contributed by atoms with E-state index in [1.54, 1.807) is 17.5 Å². The Morgan fingerprint density at radius 2 is 1.80 bits per heavy atom. The Bertz CT molecular complexity index is 1500. The van der Waals surface area contributed by atoms with Gasteiger partial charge in [-0.15, -0.1) is 5.10 Å². The van der Waals surface area contributed by atoms with E-state index in [2.05, 4.69) is 9.88 Å². The summed E-state index contributed by atoms with van der Waals surface area (Å²) in [5.74, 6) is 0.186. The Labute approximate surface area is 236 Å². The number of nitrogens with zero attached hydrogens (tertiary/aromatic N) is 4. The Morgan fingerprint density at radius 1 is 1.12 bits per heavy atom. The fourth-order valence-electron chi connectivity index (χ4n) is 4.74. The largest absolute Gasteiger partial charge is 0.493 e. The van der Waals surface area contributed by atoms with Crippen LogP contribution in [0.15, 0.2) is 27.9 Å². The second kappa shape index (κ2) is 13.4. The minimum absolute atomic E-state index is 0.0393. The van der Waals surface area contributed by atoms with Gasteiger partial charge in [-0.05, 0) is 51.1 Å². The Balaban J connectivity index is 0.00000216. The third kappa shape index (κ3) is 6.39. The van der Waals surface area contributed by atoms with Crippen LogP contribution >= 0.6 is 0 Å². The molecular weight excluding hydrogens is 534 g/mol. The molecule has 1 aliphatic rings. The molecule has 0 bridgehead atoms. The van der Waals surface area contributed by atoms with Gasteiger partial charge in [0.2, 0.25) is 10.0 Å². The van der Waals surface area contributed by atoms with Gasteiger partial charge in [0.25, 0.3) is 5.56 Å². The monoisotopic (exact) mass is 575 g/mol. The lowest BCUT2D eigenvalue weighted by atomic mass is 10.1. The molecule has 0 atom stereocenters. The standard InChI is InChI=1S/C26H35N5O6S.C2H6/c1-6-8-22-21(16-37-18(4)32)17(3)24-26(33)27-25(28-31(22)24)20-15-19(9-10-23(20)36-7-2)38(34,35)30-13-11-29(5)12-14-30;1-2/h9-10,15H,6-8,11-14,16H2,1-5H3,(H,27,28,33);1-2H3. The van der Waals surface area contributed by atoms with E-state index >= 15 is 0 Å². The first-order valence-corrected chi connectivity index (χ1v) is 15.2. The van der Waals surface area contributed by atoms with Crippen molar-refractivity contribution in [1.29, 1.82) is 0 Å². The number of nitrogens with one attached hydrogen (secondary N) is 1. The van der Waals surface area contributed by atoms with Gasteiger partial charge in [0.05, 0.1) is 17.1 Å². The summed E-state index contributed by atoms with van der Waals surface area (Å²) in [5, 5.41) is 4.75. The molecule has 3 aromatic rings. The molecule has 3 heterocycles. The summed E-state index contributed by atoms with van der Waals surface area (Å²) in [6.07, 6.45) is 1.39. The molecule has 220 valence electrons. The number of hydrogen-bond acceptors (Lipinski definition) is 8. The van der Waals surface area contributed by atoms with Crippen molar-refractivity contribution in [3.63, 3.8) is 0 Å². The van der Waals surface area contributed by atoms with Crippen LogP contribution in [0.4, 0.5) is 0 Å². The van der Waals surface area contributed by atoms with E-state index in [1.165, 1.54) is 23.4 Å². The van der Waals surface area contributed by atoms with Crippen LogP contribution < -0.4 is 10.3 Å². The van der Waals surface area contributed by atoms with Crippen LogP contribution in [0.5, 0.6) is 5.75 Å². The molecule has 1 aliphatic heterocycles. The van der Waals surface area contributed by atoms with Gasteiger partial charge in [-0.25, -0.2) is 12.9 Å². The molecule has 0 spiro atoms. The number of ether oxygens (including phenoxy) is 2. The summed E-state index contributed by atoms with van der Waals surface area (Å²) in [6, 6.07) is 4.64. The first kappa shape index (κ1) is 31.3. The van der Waals surface area contributed by atoms with Crippen molar-refractivity contribution < 1.29 is 22.7 Å². The van der Waals surface area contributed by atoms with Gasteiger partial charge < -0.3 is 19.4 Å². The Hall–Kier alpha value is -3.22. The Morgan fingerprint density at radius 3 is 2.40 bits per heavy atom. The van der Waals surface area contributed by atoms with Crippen LogP contribution in [0.3, 0.4) is 0 Å². The van der Waals surface area contributed by atoms with Gasteiger partial charge in [-0.1, -0.05) is 27.2 Å². The van der Waals surface area contributed by atoms with Gasteiger partial charge in [0.1, 0.15) is 17.9 Å². The van der Waals surface area contributed by atoms with Crippen molar-refractivity contribution in [2.24, 2.45) is 0 Å². The number of likely N-dealkylation sites (N-methyl/N-ethyl adjacent to an activating group) is 1. The van der Waals surface area contributed by atoms with Gasteiger partial charge >= 0.3 is 5.97 Å². The summed E-state index contributed by atoms with van der Waals surface area (Å²) in [7, 11) is -1.80. The molecule has 40 heavy (non-hydrogen) atoms. The second-order valence-electron chi connectivity index (χ2n) is 9.44. The maximum absolute atomic E-state index is 13.5. The average Bonchev–Trinajstić information content (AvgIpc) is 3.20. The summed E-state index contributed by atoms with van der Waals surface area (Å²) in [4.78, 5) is 29.8. The molecule has 0 aliphatic carbocycles. The highest BCUT2D eigenvalue weighted by Gasteiger charge is 2.29. The number of fused-ring (bicyclic) bond motifs is 1. The smallest absolute Gasteiger partial charge is 0.302 e. The van der Waals surface area contributed by atoms with Crippen molar-refractivity contribution in [1.82, 2.24) is 23.8 Å². The van der Waals surface area contributed by atoms with E-state index in [0.29, 0.717) is 61.6 Å². The molecule has 1 saturated heterocycles. The highest BCUT2D eigenvalue weighted by molar-refractivity contribution is 7.89. The first-order valence-electron chi connectivity index (χ1n) is 13.8. The third-order valence-corrected chi connectivity index (χ3v) is 8.68. The van der Waals surface area contributed by atoms with Gasteiger partial charge in [-0.3, -0.25) is 9.59 Å². The molecule has 11 nitrogen and oxygen atoms in total. The lowest BCUT2D eigenvalue weighted by Gasteiger charge is -2.31. The normalized spacial score (nSPS) is 14.6. The molecule has 0 unspecified atom stereocenters. The number of rotatable bonds is 9. The molecule has 2 aromatic heterocycles. The van der Waals surface area contributed by atoms with E-state index < -0.39 is 16.0 Å². The van der Waals surface area contributed by atoms with Crippen molar-refractivity contribution in [3.8, 4) is 17.1 Å². The lowest BCUT2D eigenvalue weighted by Crippen LogP contribution is -2.47. The highest BCUT2D eigenvalue weighted by Crippen LogP contribution is 2.32. The predicted octanol–water partition coefficient (Wildman–Crippen LogP) is 3.37. The number of esters is 1. The van der Waals surface area contributed by atoms with Crippen LogP contribution in [0.1, 0.15) is 57.9 Å². The molecule has 12 heteroatoms. The molecule has 0 radical (unpaired) electrons. The van der Waals surface area contributed by atoms with Gasteiger partial charge in [-0.2, -0.15) is 4.31 Å². The molecule has 1 N–H and O–H groups in total. The van der Waals surface area contributed by atoms with Crippen molar-refractivity contribution in [2.75, 3.05) is 39.8 Å². The van der Waals surface area contributed by atoms with E-state index in [-0.39, 0.29) is 22.9 Å². The average molecular weight is 576 g/mol. The van der Waals surface area contributed by atoms with Gasteiger partial charge in [0, 0.05) is 44.4 Å². The van der Waals surface area contributed by atoms with E-state index in [4.69, 9.17) is 14.6 Å². The topological polar surface area (TPSA) is 126 Å². The fraction of sp³-hybridized carbons (Fsp3) is 0.536. The zero-order valence-electron chi connectivity index (χ0n) is 24.5. The molecule has 4 rings (SSSR count). The lowest BCUT2D eigenvalue weighted by molar-refractivity contribution is -0.142. The minimum Gasteiger partial charge on any atom is -0.493 e. The highest BCUT2D eigenvalue weighted by atomic mass is 32.2. The summed E-state index contributed by atoms with van der Waals surface area (Å²) in [6.45, 7) is 13.5. The number of aromatic amines is 1. The maximum Gasteiger partial charge on any atom is 0.302 e. The number of benzene rings is 1. The summed E-state index contributed by atoms with van der Waals surface area (Å²) >= 11 is 0. The zero-order chi connectivity index (χ0) is 29.6. The number of carbonyl (C=O) groups is 1. The number of piperazine rings is 1. The van der Waals surface area contributed by atoms with E-state index in [0.717, 1.165) is 17.7 Å². The van der Waals surface area contributed by atoms with E-state index in [9.17, 15) is 18.0 Å². The number of H-pyrrole nitrogens is 1.